The Hall–Kier alpha value is -2.57. The molecule has 0 amide bonds. The van der Waals surface area contributed by atoms with E-state index in [1.54, 1.807) is 42.7 Å². The van der Waals surface area contributed by atoms with E-state index in [1.807, 2.05) is 76.2 Å². The fourth-order valence-electron chi connectivity index (χ4n) is 3.62. The van der Waals surface area contributed by atoms with E-state index >= 15 is 0 Å². The average molecular weight is 498 g/mol. The molecule has 0 saturated heterocycles. The molecule has 0 aliphatic heterocycles. The second-order valence-corrected chi connectivity index (χ2v) is 11.8. The average Bonchev–Trinajstić information content (AvgIpc) is 3.18. The first-order valence-electron chi connectivity index (χ1n) is 12.6. The molecule has 7 heteroatoms. The maximum Gasteiger partial charge on any atom is 0.331 e. The summed E-state index contributed by atoms with van der Waals surface area (Å²) in [4.78, 5) is 0. The quantitative estimate of drug-likeness (QED) is 0.322. The molecule has 0 spiro atoms. The fourth-order valence-corrected chi connectivity index (χ4v) is 3.62. The Balaban J connectivity index is 1.73. The Labute approximate surface area is 221 Å². The molecule has 0 saturated carbocycles. The van der Waals surface area contributed by atoms with Crippen molar-refractivity contribution >= 4 is 47.8 Å². The van der Waals surface area contributed by atoms with Crippen LogP contribution in [-0.4, -0.2) is 47.6 Å². The van der Waals surface area contributed by atoms with Crippen LogP contribution in [0.4, 0.5) is 0 Å². The van der Waals surface area contributed by atoms with Crippen molar-refractivity contribution in [3.63, 3.8) is 0 Å². The lowest BCUT2D eigenvalue weighted by molar-refractivity contribution is -0.0893. The molecule has 1 aromatic heterocycles. The molecule has 4 aromatic rings. The normalized spacial score (nSPS) is 13.4. The molecular weight excluding hydrogens is 462 g/mol. The van der Waals surface area contributed by atoms with Gasteiger partial charge in [-0.15, -0.1) is 0 Å². The first-order chi connectivity index (χ1) is 17.1. The van der Waals surface area contributed by atoms with Crippen molar-refractivity contribution < 1.29 is 23.9 Å². The van der Waals surface area contributed by atoms with Crippen molar-refractivity contribution in [3.05, 3.63) is 60.7 Å². The highest BCUT2D eigenvalue weighted by molar-refractivity contribution is 6.53. The minimum Gasteiger partial charge on any atom is -0.456 e. The van der Waals surface area contributed by atoms with Gasteiger partial charge in [0.2, 0.25) is 0 Å². The summed E-state index contributed by atoms with van der Waals surface area (Å²) in [7, 11) is 3.36. The fraction of sp³-hybridized carbons (Fsp3) is 0.400. The third kappa shape index (κ3) is 5.65. The van der Waals surface area contributed by atoms with Crippen LogP contribution >= 0.6 is 0 Å². The van der Waals surface area contributed by atoms with Gasteiger partial charge in [-0.25, -0.2) is 0 Å². The van der Waals surface area contributed by atoms with Gasteiger partial charge in [-0.05, 0) is 90.2 Å². The van der Waals surface area contributed by atoms with E-state index in [2.05, 4.69) is 12.1 Å². The molecule has 2 N–H and O–H groups in total. The zero-order chi connectivity index (χ0) is 27.2. The Morgan fingerprint density at radius 3 is 1.89 bits per heavy atom. The molecule has 0 unspecified atom stereocenters. The molecular formula is C30H36B2O5. The Morgan fingerprint density at radius 2 is 1.24 bits per heavy atom. The topological polar surface area (TPSA) is 72.1 Å². The second kappa shape index (κ2) is 9.63. The third-order valence-corrected chi connectivity index (χ3v) is 7.68. The molecule has 0 fully saturated rings. The first kappa shape index (κ1) is 27.5. The van der Waals surface area contributed by atoms with Crippen LogP contribution in [0, 0.1) is 0 Å². The minimum absolute atomic E-state index is 0.789. The number of hydrogen-bond donors (Lipinski definition) is 2. The molecule has 3 aromatic carbocycles. The lowest BCUT2D eigenvalue weighted by Crippen LogP contribution is -2.50. The number of rotatable bonds is 9. The summed E-state index contributed by atoms with van der Waals surface area (Å²) in [5, 5.41) is 23.2. The van der Waals surface area contributed by atoms with Crippen molar-refractivity contribution in [2.45, 2.75) is 77.8 Å². The molecule has 0 aliphatic carbocycles. The van der Waals surface area contributed by atoms with Gasteiger partial charge < -0.3 is 23.9 Å². The van der Waals surface area contributed by atoms with Crippen LogP contribution < -0.4 is 10.9 Å². The standard InChI is InChI=1S/C30H36B2O5/c1-27(2,33)29(5,6)36-31-20-14-15-21(24(18-20)32-37-30(7,8)28(3,4)34)19-13-16-26-23(17-19)22-11-9-10-12-25(22)35-26/h9-18,33-34H,1-8H3. The largest absolute Gasteiger partial charge is 0.456 e. The van der Waals surface area contributed by atoms with Gasteiger partial charge in [0.05, 0.1) is 22.4 Å². The minimum atomic E-state index is -1.05. The highest BCUT2D eigenvalue weighted by Gasteiger charge is 2.37. The van der Waals surface area contributed by atoms with Crippen LogP contribution in [0.15, 0.2) is 65.1 Å². The monoisotopic (exact) mass is 498 g/mol. The smallest absolute Gasteiger partial charge is 0.331 e. The molecule has 0 atom stereocenters. The Kier molecular flexibility index (Phi) is 7.15. The maximum atomic E-state index is 10.6. The molecule has 37 heavy (non-hydrogen) atoms. The van der Waals surface area contributed by atoms with Crippen LogP contribution in [0.1, 0.15) is 55.4 Å². The third-order valence-electron chi connectivity index (χ3n) is 7.68. The summed E-state index contributed by atoms with van der Waals surface area (Å²) >= 11 is 0. The van der Waals surface area contributed by atoms with Gasteiger partial charge in [0.15, 0.2) is 0 Å². The summed E-state index contributed by atoms with van der Waals surface area (Å²) in [6.45, 7) is 14.3. The van der Waals surface area contributed by atoms with E-state index in [1.165, 1.54) is 0 Å². The zero-order valence-corrected chi connectivity index (χ0v) is 23.0. The SMILES string of the molecule is CC(C)(O)C(C)(C)O[B]c1ccc(-c2ccc3oc4ccccc4c3c2)c([B]OC(C)(C)C(C)(C)O)c1. The summed E-state index contributed by atoms with van der Waals surface area (Å²) < 4.78 is 18.2. The summed E-state index contributed by atoms with van der Waals surface area (Å²) in [5.41, 5.74) is 1.64. The van der Waals surface area contributed by atoms with Gasteiger partial charge in [0.25, 0.3) is 0 Å². The van der Waals surface area contributed by atoms with Gasteiger partial charge in [-0.1, -0.05) is 47.9 Å². The van der Waals surface area contributed by atoms with Crippen LogP contribution in [0.2, 0.25) is 0 Å². The van der Waals surface area contributed by atoms with E-state index in [4.69, 9.17) is 13.7 Å². The molecule has 5 nitrogen and oxygen atoms in total. The lowest BCUT2D eigenvalue weighted by Gasteiger charge is -2.38. The summed E-state index contributed by atoms with van der Waals surface area (Å²) in [6, 6.07) is 20.2. The first-order valence-corrected chi connectivity index (χ1v) is 12.6. The van der Waals surface area contributed by atoms with E-state index in [9.17, 15) is 10.2 Å². The van der Waals surface area contributed by atoms with Crippen molar-refractivity contribution in [1.29, 1.82) is 0 Å². The van der Waals surface area contributed by atoms with Crippen LogP contribution in [0.3, 0.4) is 0 Å². The molecule has 1 heterocycles. The number of benzene rings is 3. The maximum absolute atomic E-state index is 10.6. The number of furan rings is 1. The predicted octanol–water partition coefficient (Wildman–Crippen LogP) is 4.87. The number of fused-ring (bicyclic) bond motifs is 3. The second-order valence-electron chi connectivity index (χ2n) is 11.8. The van der Waals surface area contributed by atoms with Crippen molar-refractivity contribution in [2.75, 3.05) is 0 Å². The predicted molar refractivity (Wildman–Crippen MR) is 153 cm³/mol. The van der Waals surface area contributed by atoms with E-state index < -0.39 is 22.4 Å². The highest BCUT2D eigenvalue weighted by atomic mass is 16.5. The molecule has 0 aliphatic rings. The summed E-state index contributed by atoms with van der Waals surface area (Å²) in [6.07, 6.45) is 0. The van der Waals surface area contributed by atoms with Crippen molar-refractivity contribution in [1.82, 2.24) is 0 Å². The van der Waals surface area contributed by atoms with Crippen molar-refractivity contribution in [2.24, 2.45) is 0 Å². The van der Waals surface area contributed by atoms with Gasteiger partial charge >= 0.3 is 15.0 Å². The number of para-hydroxylation sites is 1. The zero-order valence-electron chi connectivity index (χ0n) is 23.0. The van der Waals surface area contributed by atoms with E-state index in [0.29, 0.717) is 0 Å². The molecule has 4 rings (SSSR count). The van der Waals surface area contributed by atoms with Gasteiger partial charge in [0.1, 0.15) is 11.2 Å². The molecule has 2 radical (unpaired) electrons. The number of aliphatic hydroxyl groups is 2. The van der Waals surface area contributed by atoms with E-state index in [-0.39, 0.29) is 0 Å². The highest BCUT2D eigenvalue weighted by Crippen LogP contribution is 2.32. The van der Waals surface area contributed by atoms with Crippen LogP contribution in [-0.2, 0) is 9.31 Å². The van der Waals surface area contributed by atoms with Crippen LogP contribution in [0.25, 0.3) is 33.1 Å². The molecule has 192 valence electrons. The van der Waals surface area contributed by atoms with Gasteiger partial charge in [-0.2, -0.15) is 0 Å². The van der Waals surface area contributed by atoms with E-state index in [0.717, 1.165) is 44.0 Å². The molecule has 0 bridgehead atoms. The Bertz CT molecular complexity index is 1410. The Morgan fingerprint density at radius 1 is 0.649 bits per heavy atom. The number of hydrogen-bond acceptors (Lipinski definition) is 5. The van der Waals surface area contributed by atoms with Gasteiger partial charge in [0, 0.05) is 10.8 Å². The van der Waals surface area contributed by atoms with Crippen LogP contribution in [0.5, 0.6) is 0 Å². The lowest BCUT2D eigenvalue weighted by atomic mass is 9.74. The summed E-state index contributed by atoms with van der Waals surface area (Å²) in [5.74, 6) is 0. The van der Waals surface area contributed by atoms with Crippen molar-refractivity contribution in [3.8, 4) is 11.1 Å². The van der Waals surface area contributed by atoms with Gasteiger partial charge in [-0.3, -0.25) is 0 Å².